The van der Waals surface area contributed by atoms with Gasteiger partial charge >= 0.3 is 0 Å². The Labute approximate surface area is 191 Å². The lowest BCUT2D eigenvalue weighted by Gasteiger charge is -2.24. The Morgan fingerprint density at radius 1 is 0.941 bits per heavy atom. The largest absolute Gasteiger partial charge is 0.366 e. The van der Waals surface area contributed by atoms with E-state index >= 15 is 0 Å². The minimum absolute atomic E-state index is 0.156. The first-order valence-electron chi connectivity index (χ1n) is 10.3. The number of pyridine rings is 1. The van der Waals surface area contributed by atoms with Gasteiger partial charge in [0, 0.05) is 30.4 Å². The highest BCUT2D eigenvalue weighted by atomic mass is 19.3. The number of alkyl halides is 2. The number of nitrogens with two attached hydrogens (primary N) is 1. The molecule has 4 heterocycles. The van der Waals surface area contributed by atoms with Gasteiger partial charge in [0.2, 0.25) is 5.95 Å². The summed E-state index contributed by atoms with van der Waals surface area (Å²) in [5.41, 5.74) is 9.28. The third-order valence-corrected chi connectivity index (χ3v) is 5.40. The van der Waals surface area contributed by atoms with Crippen LogP contribution in [-0.4, -0.2) is 40.3 Å². The quantitative estimate of drug-likeness (QED) is 0.416. The van der Waals surface area contributed by atoms with E-state index in [1.807, 2.05) is 6.07 Å². The Bertz CT molecular complexity index is 1480. The van der Waals surface area contributed by atoms with Crippen LogP contribution in [0.2, 0.25) is 0 Å². The maximum Gasteiger partial charge on any atom is 0.271 e. The van der Waals surface area contributed by atoms with Gasteiger partial charge in [-0.1, -0.05) is 12.1 Å². The predicted molar refractivity (Wildman–Crippen MR) is 120 cm³/mol. The normalized spacial score (nSPS) is 12.9. The first-order valence-corrected chi connectivity index (χ1v) is 10.3. The van der Waals surface area contributed by atoms with Crippen LogP contribution in [0.1, 0.15) is 24.2 Å². The zero-order chi connectivity index (χ0) is 24.0. The summed E-state index contributed by atoms with van der Waals surface area (Å²) in [6.45, 7) is 2.52. The standard InChI is InChI=1S/C23H19F3N8/c1-13-17(12-34(31-13)21(23(2,25)26)14-3-6-16(24)7-4-14)19-10-28-9-18(29-19)15-5-8-20-30-22(27)32-33(20)11-15/h3-12,21H,1-2H3,(H2,27,32)/t21-/m1/s1. The number of nitrogen functional groups attached to an aromatic ring is 1. The molecule has 4 aromatic heterocycles. The van der Waals surface area contributed by atoms with Gasteiger partial charge in [-0.05, 0) is 36.8 Å². The molecule has 1 aromatic carbocycles. The minimum Gasteiger partial charge on any atom is -0.366 e. The maximum atomic E-state index is 14.6. The molecule has 0 fully saturated rings. The second-order valence-corrected chi connectivity index (χ2v) is 8.00. The molecule has 34 heavy (non-hydrogen) atoms. The van der Waals surface area contributed by atoms with Crippen LogP contribution in [0.5, 0.6) is 0 Å². The molecular formula is C23H19F3N8. The van der Waals surface area contributed by atoms with Crippen molar-refractivity contribution in [3.63, 3.8) is 0 Å². The zero-order valence-electron chi connectivity index (χ0n) is 18.2. The molecule has 0 saturated heterocycles. The topological polar surface area (TPSA) is 99.8 Å². The second-order valence-electron chi connectivity index (χ2n) is 8.00. The molecule has 8 nitrogen and oxygen atoms in total. The molecule has 5 rings (SSSR count). The van der Waals surface area contributed by atoms with Crippen molar-refractivity contribution in [3.8, 4) is 22.5 Å². The van der Waals surface area contributed by atoms with Crippen molar-refractivity contribution in [2.24, 2.45) is 0 Å². The van der Waals surface area contributed by atoms with Crippen LogP contribution < -0.4 is 5.73 Å². The van der Waals surface area contributed by atoms with Crippen molar-refractivity contribution < 1.29 is 13.2 Å². The van der Waals surface area contributed by atoms with Crippen LogP contribution in [0.15, 0.2) is 61.2 Å². The Hall–Kier alpha value is -4.28. The Morgan fingerprint density at radius 3 is 2.41 bits per heavy atom. The Morgan fingerprint density at radius 2 is 1.68 bits per heavy atom. The van der Waals surface area contributed by atoms with E-state index in [0.29, 0.717) is 28.3 Å². The predicted octanol–water partition coefficient (Wildman–Crippen LogP) is 4.32. The number of hydrogen-bond donors (Lipinski definition) is 1. The van der Waals surface area contributed by atoms with Gasteiger partial charge in [-0.25, -0.2) is 22.7 Å². The number of rotatable bonds is 5. The molecule has 0 bridgehead atoms. The number of fused-ring (bicyclic) bond motifs is 1. The van der Waals surface area contributed by atoms with E-state index in [1.165, 1.54) is 23.0 Å². The van der Waals surface area contributed by atoms with Crippen LogP contribution in [0.25, 0.3) is 28.2 Å². The third kappa shape index (κ3) is 3.96. The molecule has 0 spiro atoms. The van der Waals surface area contributed by atoms with Crippen molar-refractivity contribution in [2.75, 3.05) is 5.73 Å². The fourth-order valence-corrected chi connectivity index (χ4v) is 3.87. The summed E-state index contributed by atoms with van der Waals surface area (Å²) in [7, 11) is 0. The van der Waals surface area contributed by atoms with E-state index < -0.39 is 17.8 Å². The Balaban J connectivity index is 1.55. The number of benzene rings is 1. The number of aromatic nitrogens is 7. The lowest BCUT2D eigenvalue weighted by molar-refractivity contribution is -0.0217. The van der Waals surface area contributed by atoms with Gasteiger partial charge in [0.15, 0.2) is 5.65 Å². The smallest absolute Gasteiger partial charge is 0.271 e. The summed E-state index contributed by atoms with van der Waals surface area (Å²) in [5, 5.41) is 8.44. The van der Waals surface area contributed by atoms with Gasteiger partial charge in [0.05, 0.1) is 29.5 Å². The molecular weight excluding hydrogens is 445 g/mol. The Kier molecular flexibility index (Phi) is 5.03. The zero-order valence-corrected chi connectivity index (χ0v) is 18.2. The van der Waals surface area contributed by atoms with Crippen LogP contribution >= 0.6 is 0 Å². The van der Waals surface area contributed by atoms with E-state index in [9.17, 15) is 13.2 Å². The van der Waals surface area contributed by atoms with Crippen molar-refractivity contribution in [3.05, 3.63) is 78.3 Å². The van der Waals surface area contributed by atoms with Crippen molar-refractivity contribution in [1.82, 2.24) is 34.3 Å². The highest BCUT2D eigenvalue weighted by Crippen LogP contribution is 2.36. The van der Waals surface area contributed by atoms with Gasteiger partial charge in [-0.2, -0.15) is 10.1 Å². The summed E-state index contributed by atoms with van der Waals surface area (Å²) < 4.78 is 45.3. The van der Waals surface area contributed by atoms with Gasteiger partial charge in [-0.15, -0.1) is 5.10 Å². The van der Waals surface area contributed by atoms with E-state index in [-0.39, 0.29) is 11.5 Å². The first kappa shape index (κ1) is 21.6. The fraction of sp³-hybridized carbons (Fsp3) is 0.174. The molecule has 0 aliphatic heterocycles. The maximum absolute atomic E-state index is 14.6. The molecule has 2 N–H and O–H groups in total. The van der Waals surface area contributed by atoms with E-state index in [1.54, 1.807) is 36.1 Å². The van der Waals surface area contributed by atoms with Gasteiger partial charge < -0.3 is 5.73 Å². The summed E-state index contributed by atoms with van der Waals surface area (Å²) in [6, 6.07) is 7.13. The molecule has 5 aromatic rings. The molecule has 1 atom stereocenters. The van der Waals surface area contributed by atoms with Gasteiger partial charge in [0.1, 0.15) is 11.9 Å². The summed E-state index contributed by atoms with van der Waals surface area (Å²) in [4.78, 5) is 13.0. The van der Waals surface area contributed by atoms with Crippen molar-refractivity contribution in [1.29, 1.82) is 0 Å². The number of hydrogen-bond acceptors (Lipinski definition) is 6. The van der Waals surface area contributed by atoms with E-state index in [4.69, 9.17) is 5.73 Å². The van der Waals surface area contributed by atoms with Crippen LogP contribution in [-0.2, 0) is 0 Å². The average Bonchev–Trinajstić information content (AvgIpc) is 3.35. The van der Waals surface area contributed by atoms with Crippen LogP contribution in [0.4, 0.5) is 19.1 Å². The van der Waals surface area contributed by atoms with Crippen LogP contribution in [0.3, 0.4) is 0 Å². The average molecular weight is 464 g/mol. The summed E-state index contributed by atoms with van der Waals surface area (Å²) >= 11 is 0. The monoisotopic (exact) mass is 464 g/mol. The molecule has 0 aliphatic carbocycles. The van der Waals surface area contributed by atoms with Gasteiger partial charge in [0.25, 0.3) is 5.92 Å². The number of aryl methyl sites for hydroxylation is 1. The van der Waals surface area contributed by atoms with E-state index in [2.05, 4.69) is 25.1 Å². The molecule has 0 unspecified atom stereocenters. The second kappa shape index (κ2) is 7.94. The molecule has 0 amide bonds. The molecule has 0 aliphatic rings. The third-order valence-electron chi connectivity index (χ3n) is 5.40. The molecule has 0 saturated carbocycles. The number of halogens is 3. The van der Waals surface area contributed by atoms with Crippen molar-refractivity contribution in [2.45, 2.75) is 25.8 Å². The number of anilines is 1. The van der Waals surface area contributed by atoms with Gasteiger partial charge in [-0.3, -0.25) is 9.67 Å². The highest BCUT2D eigenvalue weighted by Gasteiger charge is 2.38. The lowest BCUT2D eigenvalue weighted by atomic mass is 10.0. The molecule has 172 valence electrons. The van der Waals surface area contributed by atoms with Crippen molar-refractivity contribution >= 4 is 11.6 Å². The first-order chi connectivity index (χ1) is 16.2. The SMILES string of the molecule is Cc1nn([C@H](c2ccc(F)cc2)C(C)(F)F)cc1-c1cncc(-c2ccc3nc(N)nn3c2)n1. The fourth-order valence-electron chi connectivity index (χ4n) is 3.87. The van der Waals surface area contributed by atoms with Crippen LogP contribution in [0, 0.1) is 12.7 Å². The van der Waals surface area contributed by atoms with E-state index in [0.717, 1.165) is 24.6 Å². The molecule has 0 radical (unpaired) electrons. The molecule has 11 heteroatoms. The summed E-state index contributed by atoms with van der Waals surface area (Å²) in [5.74, 6) is -3.50. The number of nitrogens with zero attached hydrogens (tertiary/aromatic N) is 7. The minimum atomic E-state index is -3.16. The lowest BCUT2D eigenvalue weighted by Crippen LogP contribution is -2.29. The highest BCUT2D eigenvalue weighted by molar-refractivity contribution is 5.66. The summed E-state index contributed by atoms with van der Waals surface area (Å²) in [6.07, 6.45) is 6.37.